The Balaban J connectivity index is 1.77. The quantitative estimate of drug-likeness (QED) is 0.810. The summed E-state index contributed by atoms with van der Waals surface area (Å²) in [5.74, 6) is 2.35. The summed E-state index contributed by atoms with van der Waals surface area (Å²) < 4.78 is 0. The molecular formula is C12H22N2OS. The minimum Gasteiger partial charge on any atom is -0.342 e. The Bertz CT molecular complexity index is 233. The molecule has 2 aliphatic heterocycles. The second-order valence-electron chi connectivity index (χ2n) is 4.83. The number of hydrogen-bond acceptors (Lipinski definition) is 3. The van der Waals surface area contributed by atoms with Crippen molar-refractivity contribution in [1.82, 2.24) is 10.2 Å². The van der Waals surface area contributed by atoms with Crippen molar-refractivity contribution < 1.29 is 4.79 Å². The molecule has 1 unspecified atom stereocenters. The summed E-state index contributed by atoms with van der Waals surface area (Å²) in [7, 11) is 2.01. The maximum absolute atomic E-state index is 12.2. The van der Waals surface area contributed by atoms with Crippen LogP contribution in [0.5, 0.6) is 0 Å². The molecule has 0 aromatic heterocycles. The van der Waals surface area contributed by atoms with Gasteiger partial charge >= 0.3 is 0 Å². The van der Waals surface area contributed by atoms with E-state index >= 15 is 0 Å². The number of nitrogens with zero attached hydrogens (tertiary/aromatic N) is 1. The minimum atomic E-state index is 0.279. The molecule has 0 aromatic rings. The van der Waals surface area contributed by atoms with Gasteiger partial charge in [0, 0.05) is 13.1 Å². The Morgan fingerprint density at radius 3 is 2.69 bits per heavy atom. The van der Waals surface area contributed by atoms with E-state index in [4.69, 9.17) is 0 Å². The number of piperidine rings is 1. The number of likely N-dealkylation sites (tertiary alicyclic amines) is 1. The zero-order valence-electron chi connectivity index (χ0n) is 10.1. The SMILES string of the molecule is CNCC1CCN(C(=O)C2CCCS2)CC1. The van der Waals surface area contributed by atoms with Crippen molar-refractivity contribution in [3.63, 3.8) is 0 Å². The van der Waals surface area contributed by atoms with E-state index in [0.29, 0.717) is 5.91 Å². The van der Waals surface area contributed by atoms with Gasteiger partial charge < -0.3 is 10.2 Å². The van der Waals surface area contributed by atoms with Crippen molar-refractivity contribution >= 4 is 17.7 Å². The molecule has 16 heavy (non-hydrogen) atoms. The van der Waals surface area contributed by atoms with E-state index in [9.17, 15) is 4.79 Å². The molecule has 0 aromatic carbocycles. The maximum atomic E-state index is 12.2. The lowest BCUT2D eigenvalue weighted by Crippen LogP contribution is -2.43. The van der Waals surface area contributed by atoms with Crippen LogP contribution < -0.4 is 5.32 Å². The number of rotatable bonds is 3. The molecular weight excluding hydrogens is 220 g/mol. The van der Waals surface area contributed by atoms with Gasteiger partial charge in [0.1, 0.15) is 0 Å². The first kappa shape index (κ1) is 12.2. The van der Waals surface area contributed by atoms with E-state index in [2.05, 4.69) is 10.2 Å². The number of nitrogens with one attached hydrogen (secondary N) is 1. The van der Waals surface area contributed by atoms with Gasteiger partial charge in [0.2, 0.25) is 5.91 Å². The number of hydrogen-bond donors (Lipinski definition) is 1. The van der Waals surface area contributed by atoms with E-state index in [0.717, 1.165) is 32.0 Å². The van der Waals surface area contributed by atoms with Gasteiger partial charge in [-0.3, -0.25) is 4.79 Å². The molecule has 2 aliphatic rings. The molecule has 0 radical (unpaired) electrons. The molecule has 2 rings (SSSR count). The van der Waals surface area contributed by atoms with Crippen molar-refractivity contribution in [3.05, 3.63) is 0 Å². The number of thioether (sulfide) groups is 1. The van der Waals surface area contributed by atoms with Gasteiger partial charge in [-0.05, 0) is 50.9 Å². The van der Waals surface area contributed by atoms with Crippen molar-refractivity contribution in [2.75, 3.05) is 32.4 Å². The highest BCUT2D eigenvalue weighted by Gasteiger charge is 2.30. The first-order valence-corrected chi connectivity index (χ1v) is 7.41. The van der Waals surface area contributed by atoms with Crippen LogP contribution in [0.1, 0.15) is 25.7 Å². The molecule has 1 N–H and O–H groups in total. The monoisotopic (exact) mass is 242 g/mol. The molecule has 2 fully saturated rings. The second kappa shape index (κ2) is 5.92. The fourth-order valence-electron chi connectivity index (χ4n) is 2.62. The molecule has 0 bridgehead atoms. The third-order valence-corrected chi connectivity index (χ3v) is 4.99. The Hall–Kier alpha value is -0.220. The van der Waals surface area contributed by atoms with E-state index in [1.165, 1.54) is 25.0 Å². The number of carbonyl (C=O) groups is 1. The fraction of sp³-hybridized carbons (Fsp3) is 0.917. The van der Waals surface area contributed by atoms with Gasteiger partial charge in [-0.15, -0.1) is 11.8 Å². The van der Waals surface area contributed by atoms with Crippen LogP contribution in [-0.2, 0) is 4.79 Å². The molecule has 0 spiro atoms. The van der Waals surface area contributed by atoms with E-state index in [1.54, 1.807) is 0 Å². The highest BCUT2D eigenvalue weighted by molar-refractivity contribution is 8.00. The molecule has 1 atom stereocenters. The van der Waals surface area contributed by atoms with Gasteiger partial charge in [-0.2, -0.15) is 0 Å². The van der Waals surface area contributed by atoms with Crippen LogP contribution in [-0.4, -0.2) is 48.5 Å². The highest BCUT2D eigenvalue weighted by Crippen LogP contribution is 2.29. The standard InChI is InChI=1S/C12H22N2OS/c1-13-9-10-4-6-14(7-5-10)12(15)11-3-2-8-16-11/h10-11,13H,2-9H2,1H3. The predicted molar refractivity (Wildman–Crippen MR) is 68.7 cm³/mol. The van der Waals surface area contributed by atoms with Crippen LogP contribution in [0.4, 0.5) is 0 Å². The van der Waals surface area contributed by atoms with Gasteiger partial charge in [-0.25, -0.2) is 0 Å². The smallest absolute Gasteiger partial charge is 0.235 e. The molecule has 2 saturated heterocycles. The molecule has 0 saturated carbocycles. The summed E-state index contributed by atoms with van der Waals surface area (Å²) >= 11 is 1.85. The lowest BCUT2D eigenvalue weighted by Gasteiger charge is -2.33. The summed E-state index contributed by atoms with van der Waals surface area (Å²) in [6, 6.07) is 0. The first-order chi connectivity index (χ1) is 7.81. The van der Waals surface area contributed by atoms with E-state index in [1.807, 2.05) is 18.8 Å². The van der Waals surface area contributed by atoms with Crippen molar-refractivity contribution in [1.29, 1.82) is 0 Å². The first-order valence-electron chi connectivity index (χ1n) is 6.36. The van der Waals surface area contributed by atoms with E-state index < -0.39 is 0 Å². The Labute approximate surface area is 102 Å². The van der Waals surface area contributed by atoms with Crippen molar-refractivity contribution in [2.45, 2.75) is 30.9 Å². The lowest BCUT2D eigenvalue weighted by molar-refractivity contribution is -0.132. The summed E-state index contributed by atoms with van der Waals surface area (Å²) in [6.45, 7) is 3.05. The van der Waals surface area contributed by atoms with Crippen molar-refractivity contribution in [3.8, 4) is 0 Å². The average Bonchev–Trinajstić information content (AvgIpc) is 2.83. The van der Waals surface area contributed by atoms with Gasteiger partial charge in [0.25, 0.3) is 0 Å². The zero-order valence-corrected chi connectivity index (χ0v) is 10.9. The van der Waals surface area contributed by atoms with Crippen LogP contribution in [0.15, 0.2) is 0 Å². The summed E-state index contributed by atoms with van der Waals surface area (Å²) in [5, 5.41) is 3.51. The van der Waals surface area contributed by atoms with Crippen LogP contribution in [0, 0.1) is 5.92 Å². The molecule has 1 amide bonds. The average molecular weight is 242 g/mol. The lowest BCUT2D eigenvalue weighted by atomic mass is 9.96. The highest BCUT2D eigenvalue weighted by atomic mass is 32.2. The van der Waals surface area contributed by atoms with E-state index in [-0.39, 0.29) is 5.25 Å². The summed E-state index contributed by atoms with van der Waals surface area (Å²) in [5.41, 5.74) is 0. The zero-order chi connectivity index (χ0) is 11.4. The van der Waals surface area contributed by atoms with Gasteiger partial charge in [0.05, 0.1) is 5.25 Å². The minimum absolute atomic E-state index is 0.279. The maximum Gasteiger partial charge on any atom is 0.235 e. The Morgan fingerprint density at radius 2 is 2.12 bits per heavy atom. The Morgan fingerprint density at radius 1 is 1.38 bits per heavy atom. The number of carbonyl (C=O) groups excluding carboxylic acids is 1. The molecule has 2 heterocycles. The van der Waals surface area contributed by atoms with Crippen LogP contribution >= 0.6 is 11.8 Å². The third kappa shape index (κ3) is 2.92. The third-order valence-electron chi connectivity index (χ3n) is 3.62. The number of amides is 1. The molecule has 4 heteroatoms. The largest absolute Gasteiger partial charge is 0.342 e. The molecule has 0 aliphatic carbocycles. The Kier molecular flexibility index (Phi) is 4.53. The van der Waals surface area contributed by atoms with Crippen LogP contribution in [0.3, 0.4) is 0 Å². The fourth-order valence-corrected chi connectivity index (χ4v) is 3.87. The second-order valence-corrected chi connectivity index (χ2v) is 6.14. The molecule has 92 valence electrons. The molecule has 3 nitrogen and oxygen atoms in total. The predicted octanol–water partition coefficient (Wildman–Crippen LogP) is 1.34. The topological polar surface area (TPSA) is 32.3 Å². The van der Waals surface area contributed by atoms with Gasteiger partial charge in [-0.1, -0.05) is 0 Å². The summed E-state index contributed by atoms with van der Waals surface area (Å²) in [6.07, 6.45) is 4.66. The normalized spacial score (nSPS) is 27.3. The van der Waals surface area contributed by atoms with Crippen LogP contribution in [0.2, 0.25) is 0 Å². The van der Waals surface area contributed by atoms with Crippen LogP contribution in [0.25, 0.3) is 0 Å². The van der Waals surface area contributed by atoms with Crippen molar-refractivity contribution in [2.24, 2.45) is 5.92 Å². The van der Waals surface area contributed by atoms with Gasteiger partial charge in [0.15, 0.2) is 0 Å². The summed E-state index contributed by atoms with van der Waals surface area (Å²) in [4.78, 5) is 14.2.